The number of nitrogens with zero attached hydrogens (tertiary/aromatic N) is 4. The Balaban J connectivity index is 1.47. The molecule has 0 spiro atoms. The summed E-state index contributed by atoms with van der Waals surface area (Å²) in [5.74, 6) is -0.947. The van der Waals surface area contributed by atoms with E-state index in [1.54, 1.807) is 28.9 Å². The lowest BCUT2D eigenvalue weighted by molar-refractivity contribution is -0.166. The van der Waals surface area contributed by atoms with Gasteiger partial charge in [-0.25, -0.2) is 9.59 Å². The molecule has 2 atom stereocenters. The van der Waals surface area contributed by atoms with Gasteiger partial charge in [0.15, 0.2) is 0 Å². The molecule has 0 bridgehead atoms. The number of piperidine rings is 1. The summed E-state index contributed by atoms with van der Waals surface area (Å²) >= 11 is 0. The summed E-state index contributed by atoms with van der Waals surface area (Å²) in [7, 11) is 0. The van der Waals surface area contributed by atoms with Crippen LogP contribution < -0.4 is 9.64 Å². The molecule has 0 N–H and O–H groups in total. The molecule has 5 rings (SSSR count). The van der Waals surface area contributed by atoms with E-state index in [9.17, 15) is 19.2 Å². The first-order chi connectivity index (χ1) is 25.9. The molecule has 0 aromatic heterocycles. The van der Waals surface area contributed by atoms with Crippen LogP contribution in [0.15, 0.2) is 72.8 Å². The topological polar surface area (TPSA) is 109 Å². The smallest absolute Gasteiger partial charge is 0.409 e. The third-order valence-electron chi connectivity index (χ3n) is 9.96. The second-order valence-electron chi connectivity index (χ2n) is 14.8. The molecule has 2 aliphatic rings. The van der Waals surface area contributed by atoms with E-state index in [1.807, 2.05) is 69.0 Å². The van der Waals surface area contributed by atoms with Crippen molar-refractivity contribution in [3.63, 3.8) is 0 Å². The highest BCUT2D eigenvalue weighted by Crippen LogP contribution is 2.41. The minimum absolute atomic E-state index is 0.0909. The van der Waals surface area contributed by atoms with Crippen molar-refractivity contribution < 1.29 is 33.4 Å². The molecule has 290 valence electrons. The van der Waals surface area contributed by atoms with E-state index in [0.29, 0.717) is 68.4 Å². The van der Waals surface area contributed by atoms with Crippen LogP contribution in [0.25, 0.3) is 0 Å². The van der Waals surface area contributed by atoms with E-state index in [0.717, 1.165) is 30.4 Å². The molecule has 1 fully saturated rings. The van der Waals surface area contributed by atoms with Gasteiger partial charge in [0.25, 0.3) is 17.4 Å². The molecule has 2 heterocycles. The molecule has 3 aromatic carbocycles. The van der Waals surface area contributed by atoms with Crippen LogP contribution >= 0.6 is 0 Å². The molecular formula is C43H56N4O7. The largest absolute Gasteiger partial charge is 0.464 e. The van der Waals surface area contributed by atoms with Crippen LogP contribution in [0.1, 0.15) is 80.9 Å². The number of amides is 3. The number of hydrogen-bond acceptors (Lipinski definition) is 8. The summed E-state index contributed by atoms with van der Waals surface area (Å²) in [6.45, 7) is 14.9. The van der Waals surface area contributed by atoms with Crippen LogP contribution in [0.3, 0.4) is 0 Å². The highest BCUT2D eigenvalue weighted by atomic mass is 16.6. The van der Waals surface area contributed by atoms with Gasteiger partial charge < -0.3 is 28.9 Å². The number of benzene rings is 3. The highest BCUT2D eigenvalue weighted by Gasteiger charge is 2.52. The molecule has 0 radical (unpaired) electrons. The van der Waals surface area contributed by atoms with Crippen LogP contribution in [0.5, 0.6) is 5.75 Å². The van der Waals surface area contributed by atoms with E-state index < -0.39 is 17.5 Å². The Hall–Kier alpha value is -4.90. The molecule has 2 aliphatic heterocycles. The maximum Gasteiger partial charge on any atom is 0.409 e. The Bertz CT molecular complexity index is 1710. The molecule has 54 heavy (non-hydrogen) atoms. The van der Waals surface area contributed by atoms with Crippen molar-refractivity contribution in [1.82, 2.24) is 14.7 Å². The average Bonchev–Trinajstić information content (AvgIpc) is 3.16. The minimum atomic E-state index is -1.91. The number of likely N-dealkylation sites (tertiary alicyclic amines) is 1. The fourth-order valence-electron chi connectivity index (χ4n) is 7.13. The third kappa shape index (κ3) is 9.60. The van der Waals surface area contributed by atoms with E-state index in [1.165, 1.54) is 6.92 Å². The first kappa shape index (κ1) is 40.3. The number of carbonyl (C=O) groups excluding carboxylic acids is 4. The Morgan fingerprint density at radius 1 is 0.944 bits per heavy atom. The zero-order valence-electron chi connectivity index (χ0n) is 32.7. The maximum absolute atomic E-state index is 14.6. The zero-order chi connectivity index (χ0) is 38.8. The van der Waals surface area contributed by atoms with Gasteiger partial charge in [0, 0.05) is 57.4 Å². The highest BCUT2D eigenvalue weighted by molar-refractivity contribution is 6.15. The van der Waals surface area contributed by atoms with E-state index in [4.69, 9.17) is 14.2 Å². The van der Waals surface area contributed by atoms with Gasteiger partial charge in [-0.15, -0.1) is 0 Å². The predicted octanol–water partition coefficient (Wildman–Crippen LogP) is 6.85. The number of fused-ring (bicyclic) bond motifs is 1. The fraction of sp³-hybridized carbons (Fsp3) is 0.488. The SMILES string of the molecule is CCCN(C(=O)c1cc2c(cc1C)OC(C)(C(=O)OCC)C(=O)N2CCN(Cc1ccccc1)Cc1ccccc1)[C@@H]1CCCN(C(=O)OCC(C)C)C1. The Labute approximate surface area is 320 Å². The zero-order valence-corrected chi connectivity index (χ0v) is 32.7. The first-order valence-electron chi connectivity index (χ1n) is 19.3. The normalized spacial score (nSPS) is 18.3. The van der Waals surface area contributed by atoms with Crippen molar-refractivity contribution in [2.45, 2.75) is 85.5 Å². The monoisotopic (exact) mass is 740 g/mol. The van der Waals surface area contributed by atoms with E-state index in [-0.39, 0.29) is 37.1 Å². The van der Waals surface area contributed by atoms with Crippen molar-refractivity contribution >= 4 is 29.6 Å². The summed E-state index contributed by atoms with van der Waals surface area (Å²) in [5.41, 5.74) is 1.87. The van der Waals surface area contributed by atoms with Crippen molar-refractivity contribution in [3.8, 4) is 5.75 Å². The van der Waals surface area contributed by atoms with Crippen molar-refractivity contribution in [3.05, 3.63) is 95.1 Å². The number of ether oxygens (including phenoxy) is 3. The Morgan fingerprint density at radius 2 is 1.59 bits per heavy atom. The predicted molar refractivity (Wildman–Crippen MR) is 208 cm³/mol. The Morgan fingerprint density at radius 3 is 2.19 bits per heavy atom. The first-order valence-corrected chi connectivity index (χ1v) is 19.3. The molecule has 0 aliphatic carbocycles. The lowest BCUT2D eigenvalue weighted by atomic mass is 9.97. The van der Waals surface area contributed by atoms with Gasteiger partial charge in [-0.3, -0.25) is 14.5 Å². The van der Waals surface area contributed by atoms with Crippen LogP contribution in [0.2, 0.25) is 0 Å². The van der Waals surface area contributed by atoms with Gasteiger partial charge in [-0.2, -0.15) is 0 Å². The van der Waals surface area contributed by atoms with E-state index >= 15 is 0 Å². The second kappa shape index (κ2) is 18.4. The van der Waals surface area contributed by atoms with Crippen LogP contribution in [-0.2, 0) is 32.2 Å². The van der Waals surface area contributed by atoms with Crippen molar-refractivity contribution in [2.75, 3.05) is 50.8 Å². The van der Waals surface area contributed by atoms with Gasteiger partial charge in [-0.05, 0) is 74.8 Å². The molecular weight excluding hydrogens is 684 g/mol. The maximum atomic E-state index is 14.6. The molecule has 1 saturated heterocycles. The fourth-order valence-corrected chi connectivity index (χ4v) is 7.13. The summed E-state index contributed by atoms with van der Waals surface area (Å²) < 4.78 is 17.1. The lowest BCUT2D eigenvalue weighted by Crippen LogP contribution is -2.60. The molecule has 0 saturated carbocycles. The van der Waals surface area contributed by atoms with Gasteiger partial charge >= 0.3 is 12.1 Å². The van der Waals surface area contributed by atoms with Crippen LogP contribution in [-0.4, -0.2) is 96.2 Å². The van der Waals surface area contributed by atoms with Crippen LogP contribution in [0, 0.1) is 12.8 Å². The van der Waals surface area contributed by atoms with Gasteiger partial charge in [-0.1, -0.05) is 81.4 Å². The molecule has 3 amide bonds. The lowest BCUT2D eigenvalue weighted by Gasteiger charge is -2.41. The summed E-state index contributed by atoms with van der Waals surface area (Å²) in [5, 5.41) is 0. The number of rotatable bonds is 15. The van der Waals surface area contributed by atoms with Gasteiger partial charge in [0.1, 0.15) is 5.75 Å². The van der Waals surface area contributed by atoms with Gasteiger partial charge in [0.05, 0.1) is 18.9 Å². The van der Waals surface area contributed by atoms with Crippen molar-refractivity contribution in [1.29, 1.82) is 0 Å². The molecule has 1 unspecified atom stereocenters. The summed E-state index contributed by atoms with van der Waals surface area (Å²) in [6.07, 6.45) is 1.89. The van der Waals surface area contributed by atoms with Crippen molar-refractivity contribution in [2.24, 2.45) is 5.92 Å². The van der Waals surface area contributed by atoms with Gasteiger partial charge in [0.2, 0.25) is 0 Å². The third-order valence-corrected chi connectivity index (χ3v) is 9.96. The standard InChI is InChI=1S/C43H56N4O7/c1-7-21-46(35-20-15-22-45(29-35)42(51)53-30-31(3)4)39(48)36-26-37-38(25-32(36)5)54-43(6,41(50)52-8-2)40(49)47(37)24-23-44(27-33-16-11-9-12-17-33)28-34-18-13-10-14-19-34/h9-14,16-19,25-26,31,35H,7-8,15,20-24,27-30H2,1-6H3/t35-,43?/m1/s1. The second-order valence-corrected chi connectivity index (χ2v) is 14.8. The van der Waals surface area contributed by atoms with E-state index in [2.05, 4.69) is 29.2 Å². The number of carbonyl (C=O) groups is 4. The number of aryl methyl sites for hydroxylation is 1. The molecule has 3 aromatic rings. The number of hydrogen-bond donors (Lipinski definition) is 0. The summed E-state index contributed by atoms with van der Waals surface area (Å²) in [4.78, 5) is 62.7. The number of anilines is 1. The minimum Gasteiger partial charge on any atom is -0.464 e. The summed E-state index contributed by atoms with van der Waals surface area (Å²) in [6, 6.07) is 23.6. The number of esters is 1. The van der Waals surface area contributed by atoms with Crippen LogP contribution in [0.4, 0.5) is 10.5 Å². The quantitative estimate of drug-likeness (QED) is 0.123. The molecule has 11 nitrogen and oxygen atoms in total. The Kier molecular flexibility index (Phi) is 13.7. The average molecular weight is 741 g/mol. The molecule has 11 heteroatoms.